The third-order valence-electron chi connectivity index (χ3n) is 7.66. The largest absolute Gasteiger partial charge is 0.454 e. The molecule has 4 saturated carbocycles. The molecule has 1 heterocycles. The van der Waals surface area contributed by atoms with Gasteiger partial charge in [-0.3, -0.25) is 4.79 Å². The molecule has 5 rings (SSSR count). The number of hydrogen-bond acceptors (Lipinski definition) is 4. The van der Waals surface area contributed by atoms with E-state index in [2.05, 4.69) is 11.5 Å². The molecule has 4 fully saturated rings. The van der Waals surface area contributed by atoms with Crippen molar-refractivity contribution >= 4 is 17.8 Å². The van der Waals surface area contributed by atoms with Crippen LogP contribution in [0.1, 0.15) is 68.8 Å². The van der Waals surface area contributed by atoms with Crippen molar-refractivity contribution in [2.45, 2.75) is 72.3 Å². The Balaban J connectivity index is 1.43. The maximum Gasteiger partial charge on any atom is 0.349 e. The number of nitrogens with zero attached hydrogens (tertiary/aromatic N) is 2. The second kappa shape index (κ2) is 8.06. The van der Waals surface area contributed by atoms with Gasteiger partial charge in [-0.15, -0.1) is 0 Å². The van der Waals surface area contributed by atoms with Crippen molar-refractivity contribution in [3.8, 4) is 6.07 Å². The molecule has 5 heteroatoms. The van der Waals surface area contributed by atoms with Crippen LogP contribution in [0.3, 0.4) is 0 Å². The Bertz CT molecular complexity index is 896. The van der Waals surface area contributed by atoms with Gasteiger partial charge in [0.1, 0.15) is 11.6 Å². The summed E-state index contributed by atoms with van der Waals surface area (Å²) >= 11 is 0. The highest BCUT2D eigenvalue weighted by atomic mass is 16.5. The van der Waals surface area contributed by atoms with E-state index in [4.69, 9.17) is 4.74 Å². The van der Waals surface area contributed by atoms with Gasteiger partial charge in [0, 0.05) is 23.3 Å². The van der Waals surface area contributed by atoms with E-state index < -0.39 is 5.97 Å². The van der Waals surface area contributed by atoms with Crippen LogP contribution < -0.4 is 0 Å². The van der Waals surface area contributed by atoms with E-state index in [0.29, 0.717) is 17.8 Å². The van der Waals surface area contributed by atoms with Gasteiger partial charge in [0.05, 0.1) is 0 Å². The topological polar surface area (TPSA) is 72.1 Å². The molecule has 0 aliphatic heterocycles. The minimum Gasteiger partial charge on any atom is -0.454 e. The van der Waals surface area contributed by atoms with Gasteiger partial charge in [0.2, 0.25) is 0 Å². The van der Waals surface area contributed by atoms with E-state index in [-0.39, 0.29) is 23.4 Å². The normalized spacial score (nSPS) is 29.7. The number of ether oxygens (including phenoxy) is 1. The first-order chi connectivity index (χ1) is 14.3. The molecule has 160 valence electrons. The van der Waals surface area contributed by atoms with E-state index in [0.717, 1.165) is 49.2 Å². The average molecular weight is 409 g/mol. The summed E-state index contributed by atoms with van der Waals surface area (Å²) in [5, 5.41) is 9.51. The maximum atomic E-state index is 13.1. The van der Waals surface area contributed by atoms with Gasteiger partial charge in [-0.25, -0.2) is 4.79 Å². The van der Waals surface area contributed by atoms with Gasteiger partial charge < -0.3 is 9.30 Å². The second-order valence-corrected chi connectivity index (χ2v) is 9.85. The number of aryl methyl sites for hydroxylation is 1. The molecule has 0 radical (unpaired) electrons. The lowest BCUT2D eigenvalue weighted by Gasteiger charge is -2.55. The number of hydrogen-bond donors (Lipinski definition) is 0. The quantitative estimate of drug-likeness (QED) is 0.371. The van der Waals surface area contributed by atoms with E-state index in [1.54, 1.807) is 6.08 Å². The Morgan fingerprint density at radius 3 is 2.33 bits per heavy atom. The van der Waals surface area contributed by atoms with Crippen LogP contribution in [-0.4, -0.2) is 22.9 Å². The Hall–Kier alpha value is -2.35. The first-order valence-electron chi connectivity index (χ1n) is 11.3. The van der Waals surface area contributed by atoms with Crippen molar-refractivity contribution in [1.29, 1.82) is 5.26 Å². The van der Waals surface area contributed by atoms with Crippen molar-refractivity contribution < 1.29 is 14.3 Å². The second-order valence-electron chi connectivity index (χ2n) is 9.85. The zero-order valence-electron chi connectivity index (χ0n) is 18.4. The van der Waals surface area contributed by atoms with Gasteiger partial charge in [-0.2, -0.15) is 5.26 Å². The van der Waals surface area contributed by atoms with E-state index in [1.165, 1.54) is 19.3 Å². The molecule has 30 heavy (non-hydrogen) atoms. The third kappa shape index (κ3) is 3.73. The standard InChI is InChI=1S/C25H32N2O3/c1-4-5-27-16(2)6-21(17(27)3)10-22(14-26)24(29)30-15-23(28)25-11-18-7-19(12-25)9-20(8-18)13-25/h6,10,18-20H,4-5,7-9,11-13,15H2,1-3H3/b22-10+. The third-order valence-corrected chi connectivity index (χ3v) is 7.66. The van der Waals surface area contributed by atoms with Crippen LogP contribution in [0.4, 0.5) is 0 Å². The molecule has 5 nitrogen and oxygen atoms in total. The number of carbonyl (C=O) groups is 2. The molecular formula is C25H32N2O3. The first kappa shape index (κ1) is 20.9. The molecule has 0 amide bonds. The minimum atomic E-state index is -0.698. The van der Waals surface area contributed by atoms with Crippen LogP contribution in [0.5, 0.6) is 0 Å². The summed E-state index contributed by atoms with van der Waals surface area (Å²) in [7, 11) is 0. The minimum absolute atomic E-state index is 0.0509. The van der Waals surface area contributed by atoms with Gasteiger partial charge in [-0.1, -0.05) is 6.92 Å². The molecule has 1 aromatic rings. The molecule has 0 atom stereocenters. The summed E-state index contributed by atoms with van der Waals surface area (Å²) < 4.78 is 7.54. The molecular weight excluding hydrogens is 376 g/mol. The zero-order valence-corrected chi connectivity index (χ0v) is 18.4. The predicted molar refractivity (Wildman–Crippen MR) is 114 cm³/mol. The summed E-state index contributed by atoms with van der Waals surface area (Å²) in [6, 6.07) is 3.95. The molecule has 4 aliphatic rings. The van der Waals surface area contributed by atoms with E-state index in [1.807, 2.05) is 26.0 Å². The lowest BCUT2D eigenvalue weighted by Crippen LogP contribution is -2.51. The number of nitriles is 1. The Kier molecular flexibility index (Phi) is 5.61. The molecule has 0 spiro atoms. The fraction of sp³-hybridized carbons (Fsp3) is 0.640. The summed E-state index contributed by atoms with van der Waals surface area (Å²) in [6.45, 7) is 6.82. The molecule has 4 aliphatic carbocycles. The van der Waals surface area contributed by atoms with Crippen LogP contribution in [0.15, 0.2) is 11.6 Å². The summed E-state index contributed by atoms with van der Waals surface area (Å²) in [4.78, 5) is 25.6. The average Bonchev–Trinajstić information content (AvgIpc) is 2.96. The Morgan fingerprint density at radius 2 is 1.80 bits per heavy atom. The Labute approximate surface area is 179 Å². The van der Waals surface area contributed by atoms with Crippen molar-refractivity contribution in [2.24, 2.45) is 23.2 Å². The smallest absolute Gasteiger partial charge is 0.349 e. The summed E-state index contributed by atoms with van der Waals surface area (Å²) in [6.07, 6.45) is 9.28. The number of aromatic nitrogens is 1. The fourth-order valence-corrected chi connectivity index (χ4v) is 6.65. The van der Waals surface area contributed by atoms with Gasteiger partial charge in [0.15, 0.2) is 12.4 Å². The number of esters is 1. The van der Waals surface area contributed by atoms with Crippen molar-refractivity contribution in [2.75, 3.05) is 6.61 Å². The van der Waals surface area contributed by atoms with Crippen LogP contribution in [0.2, 0.25) is 0 Å². The van der Waals surface area contributed by atoms with Gasteiger partial charge >= 0.3 is 5.97 Å². The van der Waals surface area contributed by atoms with Crippen LogP contribution in [0.25, 0.3) is 6.08 Å². The highest BCUT2D eigenvalue weighted by Crippen LogP contribution is 2.60. The van der Waals surface area contributed by atoms with Crippen molar-refractivity contribution in [1.82, 2.24) is 4.57 Å². The zero-order chi connectivity index (χ0) is 21.5. The highest BCUT2D eigenvalue weighted by Gasteiger charge is 2.54. The van der Waals surface area contributed by atoms with Crippen LogP contribution in [-0.2, 0) is 20.9 Å². The number of Topliss-reactive ketones (excluding diaryl/α,β-unsaturated/α-hetero) is 1. The van der Waals surface area contributed by atoms with Crippen molar-refractivity contribution in [3.05, 3.63) is 28.6 Å². The molecule has 0 N–H and O–H groups in total. The van der Waals surface area contributed by atoms with E-state index >= 15 is 0 Å². The van der Waals surface area contributed by atoms with Crippen LogP contribution in [0, 0.1) is 48.3 Å². The Morgan fingerprint density at radius 1 is 1.20 bits per heavy atom. The SMILES string of the molecule is CCCn1c(C)cc(/C=C(\C#N)C(=O)OCC(=O)C23CC4CC(CC(C4)C2)C3)c1C. The highest BCUT2D eigenvalue weighted by molar-refractivity contribution is 5.99. The maximum absolute atomic E-state index is 13.1. The molecule has 1 aromatic heterocycles. The predicted octanol–water partition coefficient (Wildman–Crippen LogP) is 4.75. The van der Waals surface area contributed by atoms with E-state index in [9.17, 15) is 14.9 Å². The molecule has 0 aromatic carbocycles. The monoisotopic (exact) mass is 408 g/mol. The number of ketones is 1. The lowest BCUT2D eigenvalue weighted by molar-refractivity contribution is -0.155. The van der Waals surface area contributed by atoms with Crippen LogP contribution >= 0.6 is 0 Å². The lowest BCUT2D eigenvalue weighted by atomic mass is 9.48. The fourth-order valence-electron chi connectivity index (χ4n) is 6.65. The van der Waals surface area contributed by atoms with Crippen molar-refractivity contribution in [3.63, 3.8) is 0 Å². The number of carbonyl (C=O) groups excluding carboxylic acids is 2. The summed E-state index contributed by atoms with van der Waals surface area (Å²) in [5.74, 6) is 1.38. The molecule has 4 bridgehead atoms. The summed E-state index contributed by atoms with van der Waals surface area (Å²) in [5.41, 5.74) is 2.64. The molecule has 0 saturated heterocycles. The van der Waals surface area contributed by atoms with Gasteiger partial charge in [-0.05, 0) is 94.3 Å². The van der Waals surface area contributed by atoms with Gasteiger partial charge in [0.25, 0.3) is 0 Å². The number of rotatable bonds is 7. The molecule has 0 unspecified atom stereocenters. The first-order valence-corrected chi connectivity index (χ1v) is 11.3.